The first-order chi connectivity index (χ1) is 6.36. The molecular weight excluding hydrogens is 162 g/mol. The molecule has 13 heavy (non-hydrogen) atoms. The molecule has 0 amide bonds. The van der Waals surface area contributed by atoms with E-state index < -0.39 is 0 Å². The summed E-state index contributed by atoms with van der Waals surface area (Å²) in [6, 6.07) is 8.61. The van der Waals surface area contributed by atoms with E-state index in [0.717, 1.165) is 12.2 Å². The van der Waals surface area contributed by atoms with E-state index in [9.17, 15) is 0 Å². The normalized spacial score (nSPS) is 25.4. The predicted octanol–water partition coefficient (Wildman–Crippen LogP) is 2.12. The summed E-state index contributed by atoms with van der Waals surface area (Å²) in [6.07, 6.45) is 1.34. The van der Waals surface area contributed by atoms with Crippen molar-refractivity contribution < 1.29 is 4.74 Å². The third kappa shape index (κ3) is 1.31. The molecular formula is C11H15NO. The smallest absolute Gasteiger partial charge is 0.124 e. The SMILES string of the molecule is CCC1Oc2ccccc2C1NC. The zero-order valence-electron chi connectivity index (χ0n) is 8.08. The minimum Gasteiger partial charge on any atom is -0.488 e. The minimum atomic E-state index is 0.294. The number of hydrogen-bond donors (Lipinski definition) is 1. The van der Waals surface area contributed by atoms with Crippen molar-refractivity contribution in [3.8, 4) is 5.75 Å². The fourth-order valence-corrected chi connectivity index (χ4v) is 1.94. The van der Waals surface area contributed by atoms with Gasteiger partial charge in [0, 0.05) is 5.56 Å². The van der Waals surface area contributed by atoms with Crippen LogP contribution in [0.2, 0.25) is 0 Å². The van der Waals surface area contributed by atoms with Crippen LogP contribution in [0.25, 0.3) is 0 Å². The Morgan fingerprint density at radius 2 is 2.15 bits per heavy atom. The lowest BCUT2D eigenvalue weighted by atomic mass is 10.0. The summed E-state index contributed by atoms with van der Waals surface area (Å²) in [6.45, 7) is 2.15. The third-order valence-corrected chi connectivity index (χ3v) is 2.62. The van der Waals surface area contributed by atoms with E-state index in [4.69, 9.17) is 4.74 Å². The van der Waals surface area contributed by atoms with Gasteiger partial charge in [0.05, 0.1) is 6.04 Å². The van der Waals surface area contributed by atoms with Gasteiger partial charge in [0.1, 0.15) is 11.9 Å². The average molecular weight is 177 g/mol. The van der Waals surface area contributed by atoms with E-state index in [2.05, 4.69) is 24.4 Å². The largest absolute Gasteiger partial charge is 0.488 e. The molecule has 0 radical (unpaired) electrons. The third-order valence-electron chi connectivity index (χ3n) is 2.62. The van der Waals surface area contributed by atoms with E-state index in [0.29, 0.717) is 12.1 Å². The summed E-state index contributed by atoms with van der Waals surface area (Å²) in [5, 5.41) is 3.30. The van der Waals surface area contributed by atoms with Crippen molar-refractivity contribution in [3.05, 3.63) is 29.8 Å². The first-order valence-electron chi connectivity index (χ1n) is 4.79. The summed E-state index contributed by atoms with van der Waals surface area (Å²) < 4.78 is 5.80. The van der Waals surface area contributed by atoms with Crippen LogP contribution >= 0.6 is 0 Å². The molecule has 1 aromatic rings. The maximum absolute atomic E-state index is 5.80. The van der Waals surface area contributed by atoms with Crippen LogP contribution in [0.1, 0.15) is 24.9 Å². The van der Waals surface area contributed by atoms with E-state index in [1.54, 1.807) is 0 Å². The molecule has 2 unspecified atom stereocenters. The van der Waals surface area contributed by atoms with Crippen LogP contribution in [0.4, 0.5) is 0 Å². The topological polar surface area (TPSA) is 21.3 Å². The van der Waals surface area contributed by atoms with Crippen LogP contribution in [-0.2, 0) is 0 Å². The number of nitrogens with one attached hydrogen (secondary N) is 1. The van der Waals surface area contributed by atoms with Crippen LogP contribution < -0.4 is 10.1 Å². The van der Waals surface area contributed by atoms with Crippen LogP contribution in [0, 0.1) is 0 Å². The molecule has 2 atom stereocenters. The molecule has 2 heteroatoms. The molecule has 0 bridgehead atoms. The van der Waals surface area contributed by atoms with E-state index in [-0.39, 0.29) is 0 Å². The lowest BCUT2D eigenvalue weighted by Gasteiger charge is -2.16. The maximum Gasteiger partial charge on any atom is 0.124 e. The van der Waals surface area contributed by atoms with Gasteiger partial charge in [-0.2, -0.15) is 0 Å². The van der Waals surface area contributed by atoms with Gasteiger partial charge < -0.3 is 10.1 Å². The number of benzene rings is 1. The molecule has 1 heterocycles. The fraction of sp³-hybridized carbons (Fsp3) is 0.455. The van der Waals surface area contributed by atoms with Gasteiger partial charge in [0.25, 0.3) is 0 Å². The Morgan fingerprint density at radius 1 is 1.38 bits per heavy atom. The lowest BCUT2D eigenvalue weighted by Crippen LogP contribution is -2.27. The first kappa shape index (κ1) is 8.57. The van der Waals surface area contributed by atoms with Gasteiger partial charge in [-0.3, -0.25) is 0 Å². The van der Waals surface area contributed by atoms with Gasteiger partial charge in [-0.25, -0.2) is 0 Å². The molecule has 70 valence electrons. The molecule has 0 saturated carbocycles. The molecule has 0 saturated heterocycles. The Kier molecular flexibility index (Phi) is 2.23. The van der Waals surface area contributed by atoms with E-state index >= 15 is 0 Å². The van der Waals surface area contributed by atoms with Crippen LogP contribution in [0.3, 0.4) is 0 Å². The Morgan fingerprint density at radius 3 is 2.85 bits per heavy atom. The van der Waals surface area contributed by atoms with Gasteiger partial charge >= 0.3 is 0 Å². The van der Waals surface area contributed by atoms with Crippen molar-refractivity contribution in [3.63, 3.8) is 0 Å². The van der Waals surface area contributed by atoms with Gasteiger partial charge in [-0.1, -0.05) is 25.1 Å². The number of hydrogen-bond acceptors (Lipinski definition) is 2. The Labute approximate surface area is 78.9 Å². The number of likely N-dealkylation sites (N-methyl/N-ethyl adjacent to an activating group) is 1. The summed E-state index contributed by atoms with van der Waals surface area (Å²) in [5.74, 6) is 1.04. The van der Waals surface area contributed by atoms with Gasteiger partial charge in [-0.05, 0) is 19.5 Å². The molecule has 1 N–H and O–H groups in total. The Bertz CT molecular complexity index is 298. The fourth-order valence-electron chi connectivity index (χ4n) is 1.94. The molecule has 1 aromatic carbocycles. The lowest BCUT2D eigenvalue weighted by molar-refractivity contribution is 0.189. The molecule has 2 rings (SSSR count). The van der Waals surface area contributed by atoms with Crippen molar-refractivity contribution >= 4 is 0 Å². The maximum atomic E-state index is 5.80. The van der Waals surface area contributed by atoms with Crippen LogP contribution in [-0.4, -0.2) is 13.2 Å². The molecule has 0 aliphatic carbocycles. The highest BCUT2D eigenvalue weighted by Gasteiger charge is 2.31. The first-order valence-corrected chi connectivity index (χ1v) is 4.79. The van der Waals surface area contributed by atoms with Gasteiger partial charge in [0.2, 0.25) is 0 Å². The van der Waals surface area contributed by atoms with Crippen LogP contribution in [0.15, 0.2) is 24.3 Å². The van der Waals surface area contributed by atoms with Crippen molar-refractivity contribution in [2.24, 2.45) is 0 Å². The van der Waals surface area contributed by atoms with Crippen molar-refractivity contribution in [2.45, 2.75) is 25.5 Å². The van der Waals surface area contributed by atoms with E-state index in [1.165, 1.54) is 5.56 Å². The molecule has 0 fully saturated rings. The van der Waals surface area contributed by atoms with Crippen LogP contribution in [0.5, 0.6) is 5.75 Å². The molecule has 1 aliphatic heterocycles. The van der Waals surface area contributed by atoms with Crippen molar-refractivity contribution in [1.82, 2.24) is 5.32 Å². The second-order valence-electron chi connectivity index (χ2n) is 3.37. The minimum absolute atomic E-state index is 0.294. The highest BCUT2D eigenvalue weighted by molar-refractivity contribution is 5.40. The van der Waals surface area contributed by atoms with Gasteiger partial charge in [-0.15, -0.1) is 0 Å². The average Bonchev–Trinajstić information content (AvgIpc) is 2.55. The molecule has 1 aliphatic rings. The number of para-hydroxylation sites is 1. The molecule has 0 spiro atoms. The highest BCUT2D eigenvalue weighted by atomic mass is 16.5. The quantitative estimate of drug-likeness (QED) is 0.747. The number of ether oxygens (including phenoxy) is 1. The summed E-state index contributed by atoms with van der Waals surface area (Å²) in [7, 11) is 1.98. The summed E-state index contributed by atoms with van der Waals surface area (Å²) >= 11 is 0. The summed E-state index contributed by atoms with van der Waals surface area (Å²) in [4.78, 5) is 0. The summed E-state index contributed by atoms with van der Waals surface area (Å²) in [5.41, 5.74) is 1.29. The predicted molar refractivity (Wildman–Crippen MR) is 52.9 cm³/mol. The zero-order chi connectivity index (χ0) is 9.26. The number of fused-ring (bicyclic) bond motifs is 1. The Hall–Kier alpha value is -1.02. The zero-order valence-corrected chi connectivity index (χ0v) is 8.08. The van der Waals surface area contributed by atoms with Gasteiger partial charge in [0.15, 0.2) is 0 Å². The standard InChI is InChI=1S/C11H15NO/c1-3-9-11(12-2)8-6-4-5-7-10(8)13-9/h4-7,9,11-12H,3H2,1-2H3. The molecule has 0 aromatic heterocycles. The second-order valence-corrected chi connectivity index (χ2v) is 3.37. The van der Waals surface area contributed by atoms with E-state index in [1.807, 2.05) is 19.2 Å². The second kappa shape index (κ2) is 3.38. The number of rotatable bonds is 2. The van der Waals surface area contributed by atoms with Crippen molar-refractivity contribution in [1.29, 1.82) is 0 Å². The van der Waals surface area contributed by atoms with Crippen molar-refractivity contribution in [2.75, 3.05) is 7.05 Å². The highest BCUT2D eigenvalue weighted by Crippen LogP contribution is 2.36. The monoisotopic (exact) mass is 177 g/mol. The Balaban J connectivity index is 2.34. The molecule has 2 nitrogen and oxygen atoms in total.